The van der Waals surface area contributed by atoms with Crippen LogP contribution in [0.1, 0.15) is 17.8 Å². The number of fused-ring (bicyclic) bond motifs is 2. The van der Waals surface area contributed by atoms with Gasteiger partial charge in [-0.2, -0.15) is 0 Å². The monoisotopic (exact) mass is 446 g/mol. The van der Waals surface area contributed by atoms with Crippen LogP contribution in [-0.4, -0.2) is 19.5 Å². The molecule has 0 spiro atoms. The molecule has 10 heteroatoms. The summed E-state index contributed by atoms with van der Waals surface area (Å²) in [5.74, 6) is 0. The van der Waals surface area contributed by atoms with E-state index in [1.54, 1.807) is 18.2 Å². The molecule has 1 aliphatic carbocycles. The molecule has 0 radical (unpaired) electrons. The predicted octanol–water partition coefficient (Wildman–Crippen LogP) is 5.32. The van der Waals surface area contributed by atoms with Gasteiger partial charge in [-0.3, -0.25) is 9.36 Å². The summed E-state index contributed by atoms with van der Waals surface area (Å²) in [7, 11) is 0. The molecule has 3 aromatic rings. The molecule has 0 aliphatic heterocycles. The minimum atomic E-state index is -0.480. The van der Waals surface area contributed by atoms with Crippen LogP contribution in [0.4, 0.5) is 0 Å². The molecule has 0 bridgehead atoms. The van der Waals surface area contributed by atoms with Gasteiger partial charge in [0.1, 0.15) is 0 Å². The van der Waals surface area contributed by atoms with Gasteiger partial charge in [0.15, 0.2) is 15.5 Å². The summed E-state index contributed by atoms with van der Waals surface area (Å²) in [6.45, 7) is 0. The van der Waals surface area contributed by atoms with Gasteiger partial charge in [0.25, 0.3) is 5.56 Å². The maximum absolute atomic E-state index is 12.7. The van der Waals surface area contributed by atoms with Gasteiger partial charge in [0, 0.05) is 5.03 Å². The number of hydrogen-bond acceptors (Lipinski definition) is 4. The molecule has 2 aromatic heterocycles. The third-order valence-electron chi connectivity index (χ3n) is 3.95. The lowest BCUT2D eigenvalue weighted by Crippen LogP contribution is -2.26. The van der Waals surface area contributed by atoms with E-state index < -0.39 is 5.56 Å². The van der Waals surface area contributed by atoms with Gasteiger partial charge >= 0.3 is 0 Å². The third kappa shape index (κ3) is 2.98. The molecule has 132 valence electrons. The molecule has 0 saturated heterocycles. The van der Waals surface area contributed by atoms with Crippen LogP contribution < -0.4 is 5.56 Å². The second-order valence-corrected chi connectivity index (χ2v) is 7.53. The molecule has 5 nitrogen and oxygen atoms in total. The molecular formula is C16H7Cl5N4O. The van der Waals surface area contributed by atoms with E-state index in [0.29, 0.717) is 46.0 Å². The van der Waals surface area contributed by atoms with Crippen LogP contribution in [0.2, 0.25) is 20.5 Å². The van der Waals surface area contributed by atoms with Crippen molar-refractivity contribution < 1.29 is 0 Å². The summed E-state index contributed by atoms with van der Waals surface area (Å²) in [5, 5.41) is 0.886. The summed E-state index contributed by atoms with van der Waals surface area (Å²) in [5.41, 5.74) is 2.02. The van der Waals surface area contributed by atoms with Gasteiger partial charge in [-0.25, -0.2) is 15.0 Å². The topological polar surface area (TPSA) is 60.7 Å². The minimum absolute atomic E-state index is 0.0595. The van der Waals surface area contributed by atoms with Crippen molar-refractivity contribution in [1.29, 1.82) is 0 Å². The summed E-state index contributed by atoms with van der Waals surface area (Å²) in [6, 6.07) is 3.19. The fourth-order valence-corrected chi connectivity index (χ4v) is 3.69. The zero-order chi connectivity index (χ0) is 18.6. The van der Waals surface area contributed by atoms with E-state index >= 15 is 0 Å². The lowest BCUT2D eigenvalue weighted by atomic mass is 10.1. The standard InChI is InChI=1S/C16H7Cl5N4O/c17-6-1-2-11-10(3-6)24-15(21)16(26)25(11)12-5-9-8(4-7(12)18)22-13(19)14(20)23-9/h3-5H,1-2H2. The Labute approximate surface area is 172 Å². The van der Waals surface area contributed by atoms with Crippen molar-refractivity contribution in [2.24, 2.45) is 0 Å². The maximum atomic E-state index is 12.7. The largest absolute Gasteiger partial charge is 0.293 e. The molecule has 0 fully saturated rings. The Bertz CT molecular complexity index is 1170. The van der Waals surface area contributed by atoms with Crippen molar-refractivity contribution in [1.82, 2.24) is 19.5 Å². The highest BCUT2D eigenvalue weighted by atomic mass is 35.5. The highest BCUT2D eigenvalue weighted by molar-refractivity contribution is 6.40. The Morgan fingerprint density at radius 3 is 2.19 bits per heavy atom. The van der Waals surface area contributed by atoms with E-state index in [0.717, 1.165) is 0 Å². The third-order valence-corrected chi connectivity index (χ3v) is 5.42. The molecular weight excluding hydrogens is 441 g/mol. The van der Waals surface area contributed by atoms with E-state index in [2.05, 4.69) is 15.0 Å². The van der Waals surface area contributed by atoms with Crippen LogP contribution >= 0.6 is 58.0 Å². The van der Waals surface area contributed by atoms with Crippen LogP contribution in [0.15, 0.2) is 22.0 Å². The Morgan fingerprint density at radius 2 is 1.50 bits per heavy atom. The Hall–Kier alpha value is -1.37. The first-order chi connectivity index (χ1) is 12.3. The van der Waals surface area contributed by atoms with E-state index in [9.17, 15) is 4.79 Å². The van der Waals surface area contributed by atoms with Crippen LogP contribution in [0.25, 0.3) is 22.8 Å². The molecule has 0 unspecified atom stereocenters. The van der Waals surface area contributed by atoms with E-state index in [-0.39, 0.29) is 20.5 Å². The van der Waals surface area contributed by atoms with Crippen molar-refractivity contribution >= 4 is 75.1 Å². The summed E-state index contributed by atoms with van der Waals surface area (Å²) >= 11 is 30.4. The van der Waals surface area contributed by atoms with Crippen molar-refractivity contribution in [3.63, 3.8) is 0 Å². The zero-order valence-electron chi connectivity index (χ0n) is 12.7. The van der Waals surface area contributed by atoms with Gasteiger partial charge in [-0.1, -0.05) is 58.0 Å². The molecule has 1 aromatic carbocycles. The van der Waals surface area contributed by atoms with E-state index in [4.69, 9.17) is 58.0 Å². The zero-order valence-corrected chi connectivity index (χ0v) is 16.5. The first kappa shape index (κ1) is 18.0. The van der Waals surface area contributed by atoms with Gasteiger partial charge in [0.05, 0.1) is 33.1 Å². The molecule has 26 heavy (non-hydrogen) atoms. The Morgan fingerprint density at radius 1 is 0.846 bits per heavy atom. The summed E-state index contributed by atoms with van der Waals surface area (Å²) in [6.07, 6.45) is 2.79. The normalized spacial score (nSPS) is 13.7. The maximum Gasteiger partial charge on any atom is 0.293 e. The second kappa shape index (κ2) is 6.66. The van der Waals surface area contributed by atoms with Crippen LogP contribution in [0.5, 0.6) is 0 Å². The summed E-state index contributed by atoms with van der Waals surface area (Å²) < 4.78 is 1.43. The lowest BCUT2D eigenvalue weighted by molar-refractivity contribution is 0.801. The quantitative estimate of drug-likeness (QED) is 0.506. The number of hydrogen-bond donors (Lipinski definition) is 0. The number of aromatic nitrogens is 4. The number of halogens is 5. The van der Waals surface area contributed by atoms with Crippen LogP contribution in [0.3, 0.4) is 0 Å². The average Bonchev–Trinajstić information content (AvgIpc) is 2.58. The van der Waals surface area contributed by atoms with Crippen LogP contribution in [0, 0.1) is 0 Å². The van der Waals surface area contributed by atoms with Crippen molar-refractivity contribution in [2.45, 2.75) is 12.8 Å². The van der Waals surface area contributed by atoms with Gasteiger partial charge in [0.2, 0.25) is 0 Å². The number of nitrogens with zero attached hydrogens (tertiary/aromatic N) is 4. The summed E-state index contributed by atoms with van der Waals surface area (Å²) in [4.78, 5) is 25.2. The Balaban J connectivity index is 2.06. The fraction of sp³-hybridized carbons (Fsp3) is 0.125. The molecule has 0 saturated carbocycles. The highest BCUT2D eigenvalue weighted by Gasteiger charge is 2.21. The van der Waals surface area contributed by atoms with Crippen LogP contribution in [-0.2, 0) is 6.42 Å². The first-order valence-electron chi connectivity index (χ1n) is 7.35. The van der Waals surface area contributed by atoms with Crippen molar-refractivity contribution in [3.05, 3.63) is 59.4 Å². The lowest BCUT2D eigenvalue weighted by Gasteiger charge is -2.19. The molecule has 0 N–H and O–H groups in total. The second-order valence-electron chi connectivity index (χ2n) is 5.56. The Kier molecular flexibility index (Phi) is 4.61. The van der Waals surface area contributed by atoms with Gasteiger partial charge in [-0.15, -0.1) is 0 Å². The predicted molar refractivity (Wildman–Crippen MR) is 105 cm³/mol. The minimum Gasteiger partial charge on any atom is -0.275 e. The van der Waals surface area contributed by atoms with E-state index in [1.807, 2.05) is 0 Å². The number of rotatable bonds is 1. The molecule has 2 heterocycles. The van der Waals surface area contributed by atoms with Crippen molar-refractivity contribution in [3.8, 4) is 5.69 Å². The molecule has 1 aliphatic rings. The smallest absolute Gasteiger partial charge is 0.275 e. The molecule has 0 atom stereocenters. The highest BCUT2D eigenvalue weighted by Crippen LogP contribution is 2.31. The first-order valence-corrected chi connectivity index (χ1v) is 9.24. The fourth-order valence-electron chi connectivity index (χ4n) is 2.81. The van der Waals surface area contributed by atoms with Gasteiger partial charge < -0.3 is 0 Å². The molecule has 0 amide bonds. The van der Waals surface area contributed by atoms with E-state index in [1.165, 1.54) is 4.57 Å². The van der Waals surface area contributed by atoms with Gasteiger partial charge in [-0.05, 0) is 31.1 Å². The average molecular weight is 449 g/mol. The number of allylic oxidation sites excluding steroid dienone is 1. The van der Waals surface area contributed by atoms with Crippen molar-refractivity contribution in [2.75, 3.05) is 0 Å². The molecule has 4 rings (SSSR count). The SMILES string of the molecule is O=c1c(Cl)nc2c(n1-c1cc3nc(Cl)c(Cl)nc3cc1Cl)CCC(Cl)=C2. The number of benzene rings is 1.